The lowest BCUT2D eigenvalue weighted by Crippen LogP contribution is -2.26. The second-order valence-corrected chi connectivity index (χ2v) is 7.54. The number of hydrogen-bond acceptors (Lipinski definition) is 3. The molecule has 2 rings (SSSR count). The van der Waals surface area contributed by atoms with Crippen LogP contribution in [0.2, 0.25) is 0 Å². The van der Waals surface area contributed by atoms with Gasteiger partial charge in [-0.25, -0.2) is 0 Å². The second kappa shape index (κ2) is 6.98. The van der Waals surface area contributed by atoms with E-state index in [4.69, 9.17) is 0 Å². The summed E-state index contributed by atoms with van der Waals surface area (Å²) in [5, 5.41) is 3.57. The van der Waals surface area contributed by atoms with Crippen LogP contribution in [0.1, 0.15) is 11.8 Å². The molecule has 0 radical (unpaired) electrons. The molecule has 0 aliphatic carbocycles. The first-order valence-electron chi connectivity index (χ1n) is 6.34. The molecule has 1 aromatic heterocycles. The highest BCUT2D eigenvalue weighted by molar-refractivity contribution is 7.84. The van der Waals surface area contributed by atoms with Gasteiger partial charge in [-0.05, 0) is 24.6 Å². The van der Waals surface area contributed by atoms with Gasteiger partial charge in [0.1, 0.15) is 0 Å². The molecule has 0 saturated heterocycles. The van der Waals surface area contributed by atoms with Gasteiger partial charge in [0, 0.05) is 45.1 Å². The van der Waals surface area contributed by atoms with Crippen LogP contribution in [0.5, 0.6) is 0 Å². The second-order valence-electron chi connectivity index (χ2n) is 4.57. The van der Waals surface area contributed by atoms with Crippen molar-refractivity contribution < 1.29 is 4.21 Å². The molecule has 1 aromatic carbocycles. The predicted molar refractivity (Wildman–Crippen MR) is 85.0 cm³/mol. The van der Waals surface area contributed by atoms with E-state index in [1.165, 1.54) is 15.3 Å². The van der Waals surface area contributed by atoms with E-state index in [-0.39, 0.29) is 5.25 Å². The molecule has 1 heterocycles. The third-order valence-electron chi connectivity index (χ3n) is 3.02. The van der Waals surface area contributed by atoms with Crippen LogP contribution in [0, 0.1) is 0 Å². The summed E-state index contributed by atoms with van der Waals surface area (Å²) >= 11 is 1.81. The molecule has 0 spiro atoms. The summed E-state index contributed by atoms with van der Waals surface area (Å²) in [4.78, 5) is 2.61. The molecule has 4 heteroatoms. The lowest BCUT2D eigenvalue weighted by molar-refractivity contribution is 0.650. The molecule has 102 valence electrons. The van der Waals surface area contributed by atoms with Crippen molar-refractivity contribution in [2.24, 2.45) is 0 Å². The van der Waals surface area contributed by atoms with Gasteiger partial charge in [-0.15, -0.1) is 11.3 Å². The Morgan fingerprint density at radius 3 is 2.63 bits per heavy atom. The zero-order chi connectivity index (χ0) is 13.7. The normalized spacial score (nSPS) is 14.2. The molecule has 1 N–H and O–H groups in total. The Hall–Kier alpha value is -0.970. The minimum Gasteiger partial charge on any atom is -0.311 e. The minimum atomic E-state index is -0.752. The highest BCUT2D eigenvalue weighted by atomic mass is 32.2. The van der Waals surface area contributed by atoms with E-state index in [0.29, 0.717) is 0 Å². The average molecular weight is 293 g/mol. The number of benzene rings is 1. The largest absolute Gasteiger partial charge is 0.311 e. The molecule has 2 nitrogen and oxygen atoms in total. The lowest BCUT2D eigenvalue weighted by atomic mass is 10.2. The molecule has 0 aliphatic rings. The highest BCUT2D eigenvalue weighted by Crippen LogP contribution is 2.27. The Balaban J connectivity index is 1.90. The molecule has 2 atom stereocenters. The van der Waals surface area contributed by atoms with Crippen molar-refractivity contribution >= 4 is 22.1 Å². The van der Waals surface area contributed by atoms with Crippen molar-refractivity contribution in [2.45, 2.75) is 18.7 Å². The Bertz CT molecular complexity index is 536. The summed E-state index contributed by atoms with van der Waals surface area (Å²) in [7, 11) is -0.752. The lowest BCUT2D eigenvalue weighted by Gasteiger charge is -2.08. The van der Waals surface area contributed by atoms with Crippen LogP contribution in [0.3, 0.4) is 0 Å². The molecule has 0 saturated carbocycles. The third kappa shape index (κ3) is 4.27. The van der Waals surface area contributed by atoms with Gasteiger partial charge < -0.3 is 5.32 Å². The van der Waals surface area contributed by atoms with Crippen LogP contribution in [0.15, 0.2) is 42.5 Å². The van der Waals surface area contributed by atoms with Crippen LogP contribution >= 0.6 is 11.3 Å². The van der Waals surface area contributed by atoms with E-state index < -0.39 is 10.8 Å². The van der Waals surface area contributed by atoms with Gasteiger partial charge in [-0.2, -0.15) is 0 Å². The zero-order valence-corrected chi connectivity index (χ0v) is 12.9. The van der Waals surface area contributed by atoms with Crippen LogP contribution in [0.25, 0.3) is 10.4 Å². The fourth-order valence-corrected chi connectivity index (χ4v) is 3.08. The number of thiophene rings is 1. The van der Waals surface area contributed by atoms with Crippen LogP contribution in [-0.4, -0.2) is 22.3 Å². The van der Waals surface area contributed by atoms with Crippen LogP contribution < -0.4 is 5.32 Å². The SMILES string of the molecule is CC(CNCc1ccc(-c2ccccc2)s1)S(C)=O. The Kier molecular flexibility index (Phi) is 5.31. The first kappa shape index (κ1) is 14.4. The van der Waals surface area contributed by atoms with Gasteiger partial charge >= 0.3 is 0 Å². The molecular weight excluding hydrogens is 274 g/mol. The zero-order valence-electron chi connectivity index (χ0n) is 11.3. The molecule has 19 heavy (non-hydrogen) atoms. The van der Waals surface area contributed by atoms with Crippen molar-refractivity contribution in [3.05, 3.63) is 47.3 Å². The average Bonchev–Trinajstić information content (AvgIpc) is 2.88. The summed E-state index contributed by atoms with van der Waals surface area (Å²) in [5.74, 6) is 0. The molecule has 2 unspecified atom stereocenters. The molecular formula is C15H19NOS2. The maximum atomic E-state index is 11.2. The smallest absolute Gasteiger partial charge is 0.0441 e. The van der Waals surface area contributed by atoms with E-state index >= 15 is 0 Å². The first-order valence-corrected chi connectivity index (χ1v) is 8.77. The number of rotatable bonds is 6. The third-order valence-corrected chi connectivity index (χ3v) is 5.45. The van der Waals surface area contributed by atoms with Gasteiger partial charge in [-0.1, -0.05) is 30.3 Å². The van der Waals surface area contributed by atoms with E-state index in [9.17, 15) is 4.21 Å². The molecule has 2 aromatic rings. The predicted octanol–water partition coefficient (Wildman–Crippen LogP) is 3.27. The van der Waals surface area contributed by atoms with Crippen molar-refractivity contribution in [3.63, 3.8) is 0 Å². The van der Waals surface area contributed by atoms with E-state index in [1.807, 2.05) is 24.3 Å². The van der Waals surface area contributed by atoms with Crippen molar-refractivity contribution in [1.29, 1.82) is 0 Å². The minimum absolute atomic E-state index is 0.202. The fourth-order valence-electron chi connectivity index (χ4n) is 1.75. The summed E-state index contributed by atoms with van der Waals surface area (Å²) in [6, 6.07) is 14.7. The standard InChI is InChI=1S/C15H19NOS2/c1-12(19(2)17)10-16-11-14-8-9-15(18-14)13-6-4-3-5-7-13/h3-9,12,16H,10-11H2,1-2H3. The van der Waals surface area contributed by atoms with Crippen molar-refractivity contribution in [1.82, 2.24) is 5.32 Å². The maximum absolute atomic E-state index is 11.2. The van der Waals surface area contributed by atoms with Crippen molar-refractivity contribution in [3.8, 4) is 10.4 Å². The fraction of sp³-hybridized carbons (Fsp3) is 0.333. The molecule has 0 amide bonds. The Morgan fingerprint density at radius 1 is 1.21 bits per heavy atom. The quantitative estimate of drug-likeness (QED) is 0.885. The number of nitrogens with one attached hydrogen (secondary N) is 1. The van der Waals surface area contributed by atoms with Crippen LogP contribution in [-0.2, 0) is 17.3 Å². The summed E-state index contributed by atoms with van der Waals surface area (Å²) in [5.41, 5.74) is 1.27. The van der Waals surface area contributed by atoms with E-state index in [2.05, 4.69) is 41.7 Å². The summed E-state index contributed by atoms with van der Waals surface area (Å²) in [6.45, 7) is 3.65. The van der Waals surface area contributed by atoms with Gasteiger partial charge in [0.05, 0.1) is 0 Å². The maximum Gasteiger partial charge on any atom is 0.0441 e. The molecule has 0 bridgehead atoms. The van der Waals surface area contributed by atoms with Crippen molar-refractivity contribution in [2.75, 3.05) is 12.8 Å². The molecule has 0 fully saturated rings. The Morgan fingerprint density at radius 2 is 1.95 bits per heavy atom. The van der Waals surface area contributed by atoms with Gasteiger partial charge in [0.25, 0.3) is 0 Å². The Labute approximate surface area is 121 Å². The van der Waals surface area contributed by atoms with E-state index in [0.717, 1.165) is 13.1 Å². The first-order chi connectivity index (χ1) is 9.16. The monoisotopic (exact) mass is 293 g/mol. The number of hydrogen-bond donors (Lipinski definition) is 1. The van der Waals surface area contributed by atoms with Gasteiger partial charge in [0.2, 0.25) is 0 Å². The van der Waals surface area contributed by atoms with Crippen LogP contribution in [0.4, 0.5) is 0 Å². The summed E-state index contributed by atoms with van der Waals surface area (Å²) < 4.78 is 11.2. The van der Waals surface area contributed by atoms with E-state index in [1.54, 1.807) is 6.26 Å². The summed E-state index contributed by atoms with van der Waals surface area (Å²) in [6.07, 6.45) is 1.75. The topological polar surface area (TPSA) is 29.1 Å². The molecule has 0 aliphatic heterocycles. The highest BCUT2D eigenvalue weighted by Gasteiger charge is 2.06. The van der Waals surface area contributed by atoms with Gasteiger partial charge in [0.15, 0.2) is 0 Å². The van der Waals surface area contributed by atoms with Gasteiger partial charge in [-0.3, -0.25) is 4.21 Å².